The number of pyridine rings is 2. The molecule has 11 heteroatoms. The summed E-state index contributed by atoms with van der Waals surface area (Å²) in [6, 6.07) is 2.91. The highest BCUT2D eigenvalue weighted by molar-refractivity contribution is 7.92. The maximum atomic E-state index is 13.0. The molecule has 156 valence electrons. The average molecular weight is 426 g/mol. The Bertz CT molecular complexity index is 1170. The highest BCUT2D eigenvalue weighted by atomic mass is 32.2. The fourth-order valence-electron chi connectivity index (χ4n) is 2.68. The SMILES string of the molecule is COc1cc2ncc(-c3cnc(OC(F)F)c(N)c3)n2cc1S(=O)(=O)C(C)(C)C. The van der Waals surface area contributed by atoms with Gasteiger partial charge in [-0.3, -0.25) is 4.40 Å². The molecule has 0 radical (unpaired) electrons. The van der Waals surface area contributed by atoms with Gasteiger partial charge in [-0.2, -0.15) is 8.78 Å². The Morgan fingerprint density at radius 1 is 1.17 bits per heavy atom. The average Bonchev–Trinajstić information content (AvgIpc) is 3.04. The smallest absolute Gasteiger partial charge is 0.388 e. The first-order chi connectivity index (χ1) is 13.5. The van der Waals surface area contributed by atoms with Crippen molar-refractivity contribution in [1.29, 1.82) is 0 Å². The molecule has 0 saturated heterocycles. The Kier molecular flexibility index (Phi) is 5.11. The summed E-state index contributed by atoms with van der Waals surface area (Å²) in [5.41, 5.74) is 7.01. The van der Waals surface area contributed by atoms with Crippen molar-refractivity contribution in [3.63, 3.8) is 0 Å². The molecule has 0 bridgehead atoms. The van der Waals surface area contributed by atoms with E-state index in [4.69, 9.17) is 10.5 Å². The third-order valence-corrected chi connectivity index (χ3v) is 6.76. The second kappa shape index (κ2) is 7.14. The van der Waals surface area contributed by atoms with Crippen LogP contribution < -0.4 is 15.2 Å². The molecule has 0 atom stereocenters. The Morgan fingerprint density at radius 2 is 1.86 bits per heavy atom. The number of ether oxygens (including phenoxy) is 2. The maximum Gasteiger partial charge on any atom is 0.388 e. The molecule has 0 saturated carbocycles. The number of nitrogens with two attached hydrogens (primary N) is 1. The third kappa shape index (κ3) is 3.69. The number of aromatic nitrogens is 3. The second-order valence-electron chi connectivity index (χ2n) is 7.19. The minimum atomic E-state index is -3.73. The number of halogens is 2. The molecular weight excluding hydrogens is 406 g/mol. The van der Waals surface area contributed by atoms with Crippen LogP contribution in [0.3, 0.4) is 0 Å². The fraction of sp³-hybridized carbons (Fsp3) is 0.333. The van der Waals surface area contributed by atoms with Gasteiger partial charge >= 0.3 is 6.61 Å². The molecule has 3 aromatic heterocycles. The molecule has 29 heavy (non-hydrogen) atoms. The molecule has 0 aliphatic heterocycles. The topological polar surface area (TPSA) is 109 Å². The van der Waals surface area contributed by atoms with E-state index < -0.39 is 27.1 Å². The largest absolute Gasteiger partial charge is 0.495 e. The number of hydrogen-bond acceptors (Lipinski definition) is 7. The van der Waals surface area contributed by atoms with Gasteiger partial charge in [0.15, 0.2) is 9.84 Å². The fourth-order valence-corrected chi connectivity index (χ4v) is 3.99. The zero-order chi connectivity index (χ0) is 21.6. The van der Waals surface area contributed by atoms with Gasteiger partial charge in [-0.15, -0.1) is 0 Å². The van der Waals surface area contributed by atoms with Gasteiger partial charge in [0.05, 0.1) is 29.4 Å². The van der Waals surface area contributed by atoms with E-state index in [0.29, 0.717) is 16.9 Å². The van der Waals surface area contributed by atoms with Crippen molar-refractivity contribution < 1.29 is 26.7 Å². The Labute approximate surface area is 166 Å². The monoisotopic (exact) mass is 426 g/mol. The van der Waals surface area contributed by atoms with Gasteiger partial charge in [-0.25, -0.2) is 18.4 Å². The van der Waals surface area contributed by atoms with E-state index in [1.165, 1.54) is 37.8 Å². The lowest BCUT2D eigenvalue weighted by Gasteiger charge is -2.21. The lowest BCUT2D eigenvalue weighted by atomic mass is 10.2. The number of nitrogens with zero attached hydrogens (tertiary/aromatic N) is 3. The number of nitrogen functional groups attached to an aromatic ring is 1. The Morgan fingerprint density at radius 3 is 2.41 bits per heavy atom. The molecule has 3 aromatic rings. The van der Waals surface area contributed by atoms with Crippen molar-refractivity contribution in [2.45, 2.75) is 37.0 Å². The van der Waals surface area contributed by atoms with Crippen LogP contribution >= 0.6 is 0 Å². The summed E-state index contributed by atoms with van der Waals surface area (Å²) in [5.74, 6) is -0.224. The number of sulfone groups is 1. The number of anilines is 1. The summed E-state index contributed by atoms with van der Waals surface area (Å²) < 4.78 is 60.8. The Balaban J connectivity index is 2.19. The first-order valence-corrected chi connectivity index (χ1v) is 9.94. The summed E-state index contributed by atoms with van der Waals surface area (Å²) >= 11 is 0. The zero-order valence-electron chi connectivity index (χ0n) is 16.2. The van der Waals surface area contributed by atoms with Gasteiger partial charge in [0.25, 0.3) is 0 Å². The van der Waals surface area contributed by atoms with Gasteiger partial charge in [-0.1, -0.05) is 0 Å². The van der Waals surface area contributed by atoms with E-state index in [1.807, 2.05) is 0 Å². The molecule has 3 rings (SSSR count). The zero-order valence-corrected chi connectivity index (χ0v) is 17.0. The van der Waals surface area contributed by atoms with E-state index in [1.54, 1.807) is 25.2 Å². The summed E-state index contributed by atoms with van der Waals surface area (Å²) in [4.78, 5) is 8.07. The highest BCUT2D eigenvalue weighted by Gasteiger charge is 2.34. The molecule has 0 aromatic carbocycles. The van der Waals surface area contributed by atoms with Crippen molar-refractivity contribution in [2.24, 2.45) is 0 Å². The molecule has 0 aliphatic carbocycles. The summed E-state index contributed by atoms with van der Waals surface area (Å²) in [5, 5.41) is 0. The van der Waals surface area contributed by atoms with Crippen molar-refractivity contribution in [2.75, 3.05) is 12.8 Å². The van der Waals surface area contributed by atoms with Crippen LogP contribution in [-0.2, 0) is 9.84 Å². The lowest BCUT2D eigenvalue weighted by molar-refractivity contribution is -0.0522. The number of imidazole rings is 1. The normalized spacial score (nSPS) is 12.5. The predicted molar refractivity (Wildman–Crippen MR) is 103 cm³/mol. The maximum absolute atomic E-state index is 13.0. The molecule has 3 heterocycles. The standard InChI is InChI=1S/C18H20F2N4O4S/c1-18(2,3)29(25,26)14-9-24-12(8-22-15(24)6-13(14)27-4)10-5-11(21)16(23-7-10)28-17(19)20/h5-9,17H,21H2,1-4H3. The van der Waals surface area contributed by atoms with Crippen LogP contribution in [0.15, 0.2) is 35.6 Å². The summed E-state index contributed by atoms with van der Waals surface area (Å²) in [6.45, 7) is 1.72. The van der Waals surface area contributed by atoms with Crippen molar-refractivity contribution in [3.05, 3.63) is 30.7 Å². The van der Waals surface area contributed by atoms with E-state index in [0.717, 1.165) is 0 Å². The minimum absolute atomic E-state index is 0.00200. The molecule has 0 unspecified atom stereocenters. The molecule has 0 amide bonds. The van der Waals surface area contributed by atoms with Crippen LogP contribution in [0.2, 0.25) is 0 Å². The van der Waals surface area contributed by atoms with Gasteiger partial charge < -0.3 is 15.2 Å². The lowest BCUT2D eigenvalue weighted by Crippen LogP contribution is -2.28. The van der Waals surface area contributed by atoms with E-state index in [9.17, 15) is 17.2 Å². The molecule has 8 nitrogen and oxygen atoms in total. The summed E-state index contributed by atoms with van der Waals surface area (Å²) in [6.07, 6.45) is 4.20. The summed E-state index contributed by atoms with van der Waals surface area (Å²) in [7, 11) is -2.35. The number of fused-ring (bicyclic) bond motifs is 1. The van der Waals surface area contributed by atoms with Gasteiger partial charge in [0.1, 0.15) is 16.3 Å². The van der Waals surface area contributed by atoms with Crippen LogP contribution in [-0.4, -0.2) is 41.3 Å². The van der Waals surface area contributed by atoms with Crippen LogP contribution in [0.1, 0.15) is 20.8 Å². The second-order valence-corrected chi connectivity index (χ2v) is 9.86. The molecule has 2 N–H and O–H groups in total. The van der Waals surface area contributed by atoms with Gasteiger partial charge in [-0.05, 0) is 26.8 Å². The highest BCUT2D eigenvalue weighted by Crippen LogP contribution is 2.35. The van der Waals surface area contributed by atoms with Gasteiger partial charge in [0, 0.05) is 24.0 Å². The van der Waals surface area contributed by atoms with Crippen molar-refractivity contribution in [3.8, 4) is 22.9 Å². The molecule has 0 aliphatic rings. The van der Waals surface area contributed by atoms with Gasteiger partial charge in [0.2, 0.25) is 5.88 Å². The van der Waals surface area contributed by atoms with Crippen molar-refractivity contribution in [1.82, 2.24) is 14.4 Å². The number of rotatable bonds is 5. The molecule has 0 spiro atoms. The predicted octanol–water partition coefficient (Wildman–Crippen LogP) is 3.16. The van der Waals surface area contributed by atoms with E-state index >= 15 is 0 Å². The van der Waals surface area contributed by atoms with Crippen molar-refractivity contribution >= 4 is 21.2 Å². The van der Waals surface area contributed by atoms with Crippen LogP contribution in [0.5, 0.6) is 11.6 Å². The number of methoxy groups -OCH3 is 1. The van der Waals surface area contributed by atoms with Crippen LogP contribution in [0, 0.1) is 0 Å². The third-order valence-electron chi connectivity index (χ3n) is 4.27. The Hall–Kier alpha value is -2.95. The molecular formula is C18H20F2N4O4S. The number of hydrogen-bond donors (Lipinski definition) is 1. The van der Waals surface area contributed by atoms with E-state index in [-0.39, 0.29) is 16.3 Å². The first-order valence-electron chi connectivity index (χ1n) is 8.46. The van der Waals surface area contributed by atoms with E-state index in [2.05, 4.69) is 14.7 Å². The molecule has 0 fully saturated rings. The number of alkyl halides is 2. The quantitative estimate of drug-likeness (QED) is 0.667. The van der Waals surface area contributed by atoms with Crippen LogP contribution in [0.25, 0.3) is 16.9 Å². The van der Waals surface area contributed by atoms with Crippen LogP contribution in [0.4, 0.5) is 14.5 Å². The minimum Gasteiger partial charge on any atom is -0.495 e. The first kappa shape index (κ1) is 20.8.